The Kier molecular flexibility index (Phi) is 6.15. The average molecular weight is 268 g/mol. The number of alkyl halides is 1. The minimum absolute atomic E-state index is 0.549. The lowest BCUT2D eigenvalue weighted by Gasteiger charge is -2.06. The Hall–Kier alpha value is -0.180. The van der Waals surface area contributed by atoms with Gasteiger partial charge in [-0.25, -0.2) is 4.98 Å². The maximum atomic E-state index is 5.94. The maximum Gasteiger partial charge on any atom is 0.144 e. The van der Waals surface area contributed by atoms with Gasteiger partial charge in [-0.1, -0.05) is 29.6 Å². The maximum absolute atomic E-state index is 5.94. The van der Waals surface area contributed by atoms with Gasteiger partial charge < -0.3 is 5.32 Å². The molecule has 0 aliphatic heterocycles. The van der Waals surface area contributed by atoms with E-state index >= 15 is 0 Å². The van der Waals surface area contributed by atoms with Crippen molar-refractivity contribution in [2.24, 2.45) is 0 Å². The summed E-state index contributed by atoms with van der Waals surface area (Å²) in [5, 5.41) is 4.26. The van der Waals surface area contributed by atoms with Gasteiger partial charge >= 0.3 is 0 Å². The first-order chi connectivity index (χ1) is 7.24. The summed E-state index contributed by atoms with van der Waals surface area (Å²) < 4.78 is 0. The molecule has 0 aliphatic rings. The second kappa shape index (κ2) is 7.15. The lowest BCUT2D eigenvalue weighted by Crippen LogP contribution is -2.03. The summed E-state index contributed by atoms with van der Waals surface area (Å²) in [4.78, 5) is 4.09. The van der Waals surface area contributed by atoms with Crippen LogP contribution in [0.2, 0.25) is 10.0 Å². The van der Waals surface area contributed by atoms with E-state index < -0.39 is 0 Å². The van der Waals surface area contributed by atoms with E-state index in [2.05, 4.69) is 10.3 Å². The molecule has 1 N–H and O–H groups in total. The van der Waals surface area contributed by atoms with E-state index in [0.717, 1.165) is 31.7 Å². The minimum Gasteiger partial charge on any atom is -0.369 e. The molecule has 1 rings (SSSR count). The number of hydrogen-bond donors (Lipinski definition) is 1. The van der Waals surface area contributed by atoms with E-state index in [-0.39, 0.29) is 0 Å². The first-order valence-electron chi connectivity index (χ1n) is 4.85. The summed E-state index contributed by atoms with van der Waals surface area (Å²) in [5.74, 6) is 1.41. The number of unbranched alkanes of at least 4 members (excludes halogenated alkanes) is 2. The van der Waals surface area contributed by atoms with E-state index in [9.17, 15) is 0 Å². The van der Waals surface area contributed by atoms with Gasteiger partial charge in [-0.2, -0.15) is 0 Å². The topological polar surface area (TPSA) is 24.9 Å². The fourth-order valence-electron chi connectivity index (χ4n) is 1.15. The number of pyridine rings is 1. The Balaban J connectivity index is 2.31. The van der Waals surface area contributed by atoms with E-state index in [1.165, 1.54) is 0 Å². The molecule has 0 unspecified atom stereocenters. The Morgan fingerprint density at radius 1 is 1.20 bits per heavy atom. The quantitative estimate of drug-likeness (QED) is 0.617. The molecule has 0 atom stereocenters. The van der Waals surface area contributed by atoms with Gasteiger partial charge in [0.15, 0.2) is 0 Å². The van der Waals surface area contributed by atoms with E-state index in [0.29, 0.717) is 15.9 Å². The van der Waals surface area contributed by atoms with Gasteiger partial charge in [0.1, 0.15) is 5.82 Å². The third kappa shape index (κ3) is 4.92. The highest BCUT2D eigenvalue weighted by Crippen LogP contribution is 2.22. The summed E-state index contributed by atoms with van der Waals surface area (Å²) in [6, 6.07) is 1.68. The summed E-state index contributed by atoms with van der Waals surface area (Å²) in [6.07, 6.45) is 4.80. The number of rotatable bonds is 6. The summed E-state index contributed by atoms with van der Waals surface area (Å²) in [7, 11) is 0. The third-order valence-corrected chi connectivity index (χ3v) is 2.67. The van der Waals surface area contributed by atoms with Gasteiger partial charge in [0.25, 0.3) is 0 Å². The summed E-state index contributed by atoms with van der Waals surface area (Å²) in [5.41, 5.74) is 0. The molecular formula is C10H13Cl3N2. The van der Waals surface area contributed by atoms with Crippen molar-refractivity contribution >= 4 is 40.6 Å². The molecule has 0 saturated carbocycles. The molecule has 0 radical (unpaired) electrons. The highest BCUT2D eigenvalue weighted by molar-refractivity contribution is 6.35. The van der Waals surface area contributed by atoms with Gasteiger partial charge in [-0.15, -0.1) is 11.6 Å². The number of hydrogen-bond acceptors (Lipinski definition) is 2. The van der Waals surface area contributed by atoms with Crippen molar-refractivity contribution < 1.29 is 0 Å². The molecule has 0 aliphatic carbocycles. The van der Waals surface area contributed by atoms with Crippen LogP contribution in [-0.2, 0) is 0 Å². The smallest absolute Gasteiger partial charge is 0.144 e. The summed E-state index contributed by atoms with van der Waals surface area (Å²) in [6.45, 7) is 0.852. The minimum atomic E-state index is 0.549. The Morgan fingerprint density at radius 2 is 2.00 bits per heavy atom. The largest absolute Gasteiger partial charge is 0.369 e. The lowest BCUT2D eigenvalue weighted by molar-refractivity contribution is 0.746. The highest BCUT2D eigenvalue weighted by atomic mass is 35.5. The van der Waals surface area contributed by atoms with Crippen LogP contribution >= 0.6 is 34.8 Å². The van der Waals surface area contributed by atoms with Gasteiger partial charge in [0.2, 0.25) is 0 Å². The van der Waals surface area contributed by atoms with Crippen LogP contribution in [0.25, 0.3) is 0 Å². The van der Waals surface area contributed by atoms with Gasteiger partial charge in [0.05, 0.1) is 10.0 Å². The second-order valence-electron chi connectivity index (χ2n) is 3.16. The van der Waals surface area contributed by atoms with Crippen LogP contribution in [0.4, 0.5) is 5.82 Å². The normalized spacial score (nSPS) is 10.3. The number of halogens is 3. The zero-order chi connectivity index (χ0) is 11.1. The summed E-state index contributed by atoms with van der Waals surface area (Å²) >= 11 is 17.2. The highest BCUT2D eigenvalue weighted by Gasteiger charge is 2.01. The van der Waals surface area contributed by atoms with E-state index in [1.807, 2.05) is 0 Å². The Morgan fingerprint density at radius 3 is 2.67 bits per heavy atom. The second-order valence-corrected chi connectivity index (χ2v) is 4.38. The van der Waals surface area contributed by atoms with E-state index in [4.69, 9.17) is 34.8 Å². The molecule has 1 aromatic heterocycles. The van der Waals surface area contributed by atoms with E-state index in [1.54, 1.807) is 12.3 Å². The SMILES string of the molecule is ClCCCCCNc1ncc(Cl)cc1Cl. The van der Waals surface area contributed by atoms with Crippen LogP contribution in [0.15, 0.2) is 12.3 Å². The molecular weight excluding hydrogens is 254 g/mol. The van der Waals surface area contributed by atoms with Gasteiger partial charge in [-0.05, 0) is 18.9 Å². The van der Waals surface area contributed by atoms with Crippen molar-refractivity contribution in [2.75, 3.05) is 17.7 Å². The molecule has 2 nitrogen and oxygen atoms in total. The van der Waals surface area contributed by atoms with Crippen molar-refractivity contribution in [1.29, 1.82) is 0 Å². The van der Waals surface area contributed by atoms with Gasteiger partial charge in [-0.3, -0.25) is 0 Å². The molecule has 0 bridgehead atoms. The lowest BCUT2D eigenvalue weighted by atomic mass is 10.2. The van der Waals surface area contributed by atoms with Gasteiger partial charge in [0, 0.05) is 18.6 Å². The van der Waals surface area contributed by atoms with Crippen molar-refractivity contribution in [1.82, 2.24) is 4.98 Å². The van der Waals surface area contributed by atoms with Crippen LogP contribution < -0.4 is 5.32 Å². The predicted molar refractivity (Wildman–Crippen MR) is 67.3 cm³/mol. The number of anilines is 1. The van der Waals surface area contributed by atoms with Crippen molar-refractivity contribution in [3.8, 4) is 0 Å². The standard InChI is InChI=1S/C10H13Cl3N2/c11-4-2-1-3-5-14-10-9(13)6-8(12)7-15-10/h6-7H,1-5H2,(H,14,15). The zero-order valence-corrected chi connectivity index (χ0v) is 10.5. The average Bonchev–Trinajstić information content (AvgIpc) is 2.20. The number of aromatic nitrogens is 1. The van der Waals surface area contributed by atoms with Crippen LogP contribution in [0.3, 0.4) is 0 Å². The van der Waals surface area contributed by atoms with Crippen LogP contribution in [-0.4, -0.2) is 17.4 Å². The molecule has 0 spiro atoms. The van der Waals surface area contributed by atoms with Crippen molar-refractivity contribution in [2.45, 2.75) is 19.3 Å². The molecule has 5 heteroatoms. The first kappa shape index (κ1) is 12.9. The number of nitrogens with zero attached hydrogens (tertiary/aromatic N) is 1. The fraction of sp³-hybridized carbons (Fsp3) is 0.500. The molecule has 0 fully saturated rings. The van der Waals surface area contributed by atoms with Crippen LogP contribution in [0.1, 0.15) is 19.3 Å². The molecule has 0 saturated heterocycles. The van der Waals surface area contributed by atoms with Crippen molar-refractivity contribution in [3.05, 3.63) is 22.3 Å². The Labute approximate surface area is 105 Å². The third-order valence-electron chi connectivity index (χ3n) is 1.91. The zero-order valence-electron chi connectivity index (χ0n) is 8.27. The molecule has 0 amide bonds. The van der Waals surface area contributed by atoms with Crippen LogP contribution in [0, 0.1) is 0 Å². The first-order valence-corrected chi connectivity index (χ1v) is 6.14. The Bertz CT molecular complexity index is 305. The fourth-order valence-corrected chi connectivity index (χ4v) is 1.78. The molecule has 84 valence electrons. The molecule has 1 aromatic rings. The number of nitrogens with one attached hydrogen (secondary N) is 1. The molecule has 1 heterocycles. The predicted octanol–water partition coefficient (Wildman–Crippen LogP) is 4.21. The monoisotopic (exact) mass is 266 g/mol. The van der Waals surface area contributed by atoms with Crippen molar-refractivity contribution in [3.63, 3.8) is 0 Å². The molecule has 15 heavy (non-hydrogen) atoms. The molecule has 0 aromatic carbocycles. The van der Waals surface area contributed by atoms with Crippen LogP contribution in [0.5, 0.6) is 0 Å².